The Hall–Kier alpha value is -2.99. The third-order valence-corrected chi connectivity index (χ3v) is 4.58. The van der Waals surface area contributed by atoms with Gasteiger partial charge in [-0.25, -0.2) is 4.39 Å². The molecule has 0 unspecified atom stereocenters. The van der Waals surface area contributed by atoms with Gasteiger partial charge >= 0.3 is 11.6 Å². The van der Waals surface area contributed by atoms with Crippen LogP contribution in [0.2, 0.25) is 5.02 Å². The number of H-pyrrole nitrogens is 1. The molecule has 0 aliphatic carbocycles. The molecule has 2 aromatic heterocycles. The van der Waals surface area contributed by atoms with Gasteiger partial charge in [-0.3, -0.25) is 24.7 Å². The molecule has 0 atom stereocenters. The lowest BCUT2D eigenvalue weighted by Gasteiger charge is -2.06. The standard InChI is InChI=1S/C15H11BrClFN6O4/c1-28-15-12(24(26)27)11(20-21-15)14(25)19-13-8(16)6-23(22-13)5-7-9(17)3-2-4-10(7)18/h2-4,6H,5H2,1H3,(H,20,21)(H,19,22,25). The van der Waals surface area contributed by atoms with Gasteiger partial charge < -0.3 is 10.1 Å². The number of amides is 1. The smallest absolute Gasteiger partial charge is 0.362 e. The Morgan fingerprint density at radius 3 is 2.93 bits per heavy atom. The summed E-state index contributed by atoms with van der Waals surface area (Å²) in [6.45, 7) is 0.0119. The molecule has 10 nitrogen and oxygen atoms in total. The van der Waals surface area contributed by atoms with Crippen LogP contribution in [-0.4, -0.2) is 37.9 Å². The van der Waals surface area contributed by atoms with Crippen molar-refractivity contribution in [1.82, 2.24) is 20.0 Å². The Kier molecular flexibility index (Phi) is 5.61. The van der Waals surface area contributed by atoms with Gasteiger partial charge in [0.25, 0.3) is 5.91 Å². The van der Waals surface area contributed by atoms with E-state index in [0.717, 1.165) is 0 Å². The Morgan fingerprint density at radius 1 is 1.54 bits per heavy atom. The summed E-state index contributed by atoms with van der Waals surface area (Å²) in [5, 5.41) is 23.8. The first-order valence-electron chi connectivity index (χ1n) is 7.55. The number of nitrogens with one attached hydrogen (secondary N) is 2. The van der Waals surface area contributed by atoms with Gasteiger partial charge in [-0.2, -0.15) is 5.10 Å². The van der Waals surface area contributed by atoms with Crippen LogP contribution in [-0.2, 0) is 6.54 Å². The van der Waals surface area contributed by atoms with Crippen molar-refractivity contribution >= 4 is 44.9 Å². The number of halogens is 3. The van der Waals surface area contributed by atoms with E-state index in [1.807, 2.05) is 0 Å². The second-order valence-electron chi connectivity index (χ2n) is 5.39. The van der Waals surface area contributed by atoms with Gasteiger partial charge in [0, 0.05) is 16.8 Å². The summed E-state index contributed by atoms with van der Waals surface area (Å²) < 4.78 is 20.4. The normalized spacial score (nSPS) is 10.7. The van der Waals surface area contributed by atoms with E-state index in [2.05, 4.69) is 36.5 Å². The molecule has 28 heavy (non-hydrogen) atoms. The average molecular weight is 474 g/mol. The molecule has 1 aromatic carbocycles. The quantitative estimate of drug-likeness (QED) is 0.417. The average Bonchev–Trinajstić information content (AvgIpc) is 3.22. The highest BCUT2D eigenvalue weighted by Crippen LogP contribution is 2.29. The topological polar surface area (TPSA) is 128 Å². The van der Waals surface area contributed by atoms with Gasteiger partial charge in [0.2, 0.25) is 5.69 Å². The third-order valence-electron chi connectivity index (χ3n) is 3.64. The number of nitro groups is 1. The lowest BCUT2D eigenvalue weighted by Crippen LogP contribution is -2.15. The molecule has 0 aliphatic rings. The van der Waals surface area contributed by atoms with Gasteiger partial charge in [0.15, 0.2) is 5.82 Å². The van der Waals surface area contributed by atoms with Gasteiger partial charge in [-0.05, 0) is 28.1 Å². The Morgan fingerprint density at radius 2 is 2.29 bits per heavy atom. The van der Waals surface area contributed by atoms with Gasteiger partial charge in [-0.15, -0.1) is 5.10 Å². The number of aromatic nitrogens is 4. The minimum atomic E-state index is -0.850. The highest BCUT2D eigenvalue weighted by Gasteiger charge is 2.30. The molecule has 0 aliphatic heterocycles. The van der Waals surface area contributed by atoms with E-state index in [0.29, 0.717) is 4.47 Å². The molecule has 0 saturated heterocycles. The fourth-order valence-corrected chi connectivity index (χ4v) is 3.01. The van der Waals surface area contributed by atoms with Crippen molar-refractivity contribution in [2.24, 2.45) is 0 Å². The van der Waals surface area contributed by atoms with Crippen LogP contribution < -0.4 is 10.1 Å². The van der Waals surface area contributed by atoms with Crippen LogP contribution in [0.4, 0.5) is 15.9 Å². The molecule has 0 radical (unpaired) electrons. The van der Waals surface area contributed by atoms with Crippen molar-refractivity contribution in [3.63, 3.8) is 0 Å². The SMILES string of the molecule is COc1n[nH]c(C(=O)Nc2nn(Cc3c(F)cccc3Cl)cc2Br)c1[N+](=O)[O-]. The molecule has 0 bridgehead atoms. The molecule has 1 amide bonds. The summed E-state index contributed by atoms with van der Waals surface area (Å²) in [7, 11) is 1.19. The van der Waals surface area contributed by atoms with Crippen LogP contribution in [0.15, 0.2) is 28.9 Å². The Labute approximate surface area is 169 Å². The van der Waals surface area contributed by atoms with Crippen LogP contribution >= 0.6 is 27.5 Å². The Balaban J connectivity index is 1.84. The van der Waals surface area contributed by atoms with Crippen LogP contribution in [0.1, 0.15) is 16.1 Å². The van der Waals surface area contributed by atoms with E-state index in [1.54, 1.807) is 6.07 Å². The lowest BCUT2D eigenvalue weighted by molar-refractivity contribution is -0.386. The van der Waals surface area contributed by atoms with Gasteiger partial charge in [0.05, 0.1) is 23.1 Å². The van der Waals surface area contributed by atoms with Crippen LogP contribution in [0.25, 0.3) is 0 Å². The highest BCUT2D eigenvalue weighted by molar-refractivity contribution is 9.10. The number of aromatic amines is 1. The molecule has 0 fully saturated rings. The van der Waals surface area contributed by atoms with E-state index in [-0.39, 0.29) is 28.8 Å². The zero-order chi connectivity index (χ0) is 20.4. The first-order chi connectivity index (χ1) is 13.3. The highest BCUT2D eigenvalue weighted by atomic mass is 79.9. The number of anilines is 1. The summed E-state index contributed by atoms with van der Waals surface area (Å²) in [6, 6.07) is 4.30. The maximum atomic E-state index is 13.9. The van der Waals surface area contributed by atoms with Gasteiger partial charge in [0.1, 0.15) is 5.82 Å². The maximum absolute atomic E-state index is 13.9. The number of methoxy groups -OCH3 is 1. The molecule has 0 saturated carbocycles. The predicted molar refractivity (Wildman–Crippen MR) is 100 cm³/mol. The summed E-state index contributed by atoms with van der Waals surface area (Å²) >= 11 is 9.23. The number of hydrogen-bond donors (Lipinski definition) is 2. The number of rotatable bonds is 6. The van der Waals surface area contributed by atoms with E-state index >= 15 is 0 Å². The number of nitrogens with zero attached hydrogens (tertiary/aromatic N) is 4. The second kappa shape index (κ2) is 7.94. The fourth-order valence-electron chi connectivity index (χ4n) is 2.37. The number of benzene rings is 1. The number of carbonyl (C=O) groups is 1. The van der Waals surface area contributed by atoms with Crippen molar-refractivity contribution in [1.29, 1.82) is 0 Å². The van der Waals surface area contributed by atoms with Crippen LogP contribution in [0.3, 0.4) is 0 Å². The fraction of sp³-hybridized carbons (Fsp3) is 0.133. The molecular formula is C15H11BrClFN6O4. The lowest BCUT2D eigenvalue weighted by atomic mass is 10.2. The minimum Gasteiger partial charge on any atom is -0.475 e. The second-order valence-corrected chi connectivity index (χ2v) is 6.65. The molecule has 3 aromatic rings. The summed E-state index contributed by atoms with van der Waals surface area (Å²) in [5.41, 5.74) is -0.778. The van der Waals surface area contributed by atoms with Crippen molar-refractivity contribution in [3.8, 4) is 5.88 Å². The monoisotopic (exact) mass is 472 g/mol. The van der Waals surface area contributed by atoms with E-state index in [9.17, 15) is 19.3 Å². The van der Waals surface area contributed by atoms with E-state index in [1.165, 1.54) is 30.1 Å². The molecule has 2 heterocycles. The van der Waals surface area contributed by atoms with Crippen LogP contribution in [0, 0.1) is 15.9 Å². The van der Waals surface area contributed by atoms with E-state index < -0.39 is 28.0 Å². The first-order valence-corrected chi connectivity index (χ1v) is 8.72. The third kappa shape index (κ3) is 3.82. The number of carbonyl (C=O) groups excluding carboxylic acids is 1. The predicted octanol–water partition coefficient (Wildman–Crippen LogP) is 3.38. The summed E-state index contributed by atoms with van der Waals surface area (Å²) in [6.07, 6.45) is 1.50. The summed E-state index contributed by atoms with van der Waals surface area (Å²) in [5.74, 6) is -1.60. The van der Waals surface area contributed by atoms with Crippen molar-refractivity contribution in [3.05, 3.63) is 61.1 Å². The molecule has 2 N–H and O–H groups in total. The van der Waals surface area contributed by atoms with Crippen molar-refractivity contribution in [2.75, 3.05) is 12.4 Å². The van der Waals surface area contributed by atoms with Crippen LogP contribution in [0.5, 0.6) is 5.88 Å². The Bertz CT molecular complexity index is 1050. The number of hydrogen-bond acceptors (Lipinski definition) is 6. The van der Waals surface area contributed by atoms with E-state index in [4.69, 9.17) is 16.3 Å². The van der Waals surface area contributed by atoms with Crippen molar-refractivity contribution in [2.45, 2.75) is 6.54 Å². The molecular weight excluding hydrogens is 463 g/mol. The molecule has 0 spiro atoms. The minimum absolute atomic E-state index is 0.0119. The summed E-state index contributed by atoms with van der Waals surface area (Å²) in [4.78, 5) is 22.8. The molecule has 3 rings (SSSR count). The first kappa shape index (κ1) is 19.8. The molecule has 13 heteroatoms. The van der Waals surface area contributed by atoms with Gasteiger partial charge in [-0.1, -0.05) is 17.7 Å². The molecule has 146 valence electrons. The largest absolute Gasteiger partial charge is 0.475 e. The maximum Gasteiger partial charge on any atom is 0.362 e. The zero-order valence-corrected chi connectivity index (χ0v) is 16.4. The zero-order valence-electron chi connectivity index (χ0n) is 14.1. The van der Waals surface area contributed by atoms with Crippen molar-refractivity contribution < 1.29 is 18.8 Å². The number of ether oxygens (including phenoxy) is 1.